The number of aromatic nitrogens is 1. The maximum atomic E-state index is 6.04. The highest BCUT2D eigenvalue weighted by Crippen LogP contribution is 2.29. The molecule has 3 heterocycles. The van der Waals surface area contributed by atoms with E-state index in [1.165, 1.54) is 11.1 Å². The Morgan fingerprint density at radius 1 is 1.00 bits per heavy atom. The lowest BCUT2D eigenvalue weighted by Gasteiger charge is -2.36. The van der Waals surface area contributed by atoms with Crippen LogP contribution in [-0.2, 0) is 11.2 Å². The van der Waals surface area contributed by atoms with Crippen LogP contribution in [-0.4, -0.2) is 49.2 Å². The number of ether oxygens (including phenoxy) is 1. The van der Waals surface area contributed by atoms with E-state index in [9.17, 15) is 0 Å². The molecule has 1 aromatic heterocycles. The molecule has 0 amide bonds. The molecule has 4 heteroatoms. The van der Waals surface area contributed by atoms with Gasteiger partial charge in [-0.2, -0.15) is 0 Å². The van der Waals surface area contributed by atoms with Crippen molar-refractivity contribution in [1.29, 1.82) is 0 Å². The summed E-state index contributed by atoms with van der Waals surface area (Å²) in [6, 6.07) is 14.9. The number of benzene rings is 1. The molecule has 4 nitrogen and oxygen atoms in total. The van der Waals surface area contributed by atoms with E-state index in [0.29, 0.717) is 0 Å². The van der Waals surface area contributed by atoms with E-state index in [1.807, 2.05) is 12.3 Å². The highest BCUT2D eigenvalue weighted by Gasteiger charge is 2.23. The maximum absolute atomic E-state index is 6.04. The van der Waals surface area contributed by atoms with Crippen LogP contribution in [0, 0.1) is 0 Å². The maximum Gasteiger partial charge on any atom is 0.128 e. The van der Waals surface area contributed by atoms with Crippen LogP contribution in [0.15, 0.2) is 48.7 Å². The summed E-state index contributed by atoms with van der Waals surface area (Å²) in [4.78, 5) is 9.39. The smallest absolute Gasteiger partial charge is 0.128 e. The van der Waals surface area contributed by atoms with Gasteiger partial charge < -0.3 is 9.64 Å². The normalized spacial score (nSPS) is 21.5. The molecular formula is C20H25N3O. The summed E-state index contributed by atoms with van der Waals surface area (Å²) in [6.45, 7) is 6.28. The molecule has 0 bridgehead atoms. The standard InChI is InChI=1S/C20H25N3O/c1-2-6-18-17(5-1)9-16-24-19(18)8-11-22-12-14-23(15-13-22)20-7-3-4-10-21-20/h1-7,10,19H,8-9,11-16H2. The van der Waals surface area contributed by atoms with Crippen molar-refractivity contribution >= 4 is 5.82 Å². The molecule has 2 aliphatic rings. The molecule has 2 aromatic rings. The number of rotatable bonds is 4. The SMILES string of the molecule is c1ccc(N2CCN(CCC3OCCc4ccccc43)CC2)nc1. The first-order chi connectivity index (χ1) is 11.9. The lowest BCUT2D eigenvalue weighted by atomic mass is 9.95. The molecule has 0 N–H and O–H groups in total. The van der Waals surface area contributed by atoms with Crippen LogP contribution in [0.3, 0.4) is 0 Å². The zero-order chi connectivity index (χ0) is 16.2. The Labute approximate surface area is 144 Å². The number of piperazine rings is 1. The van der Waals surface area contributed by atoms with Crippen LogP contribution in [0.5, 0.6) is 0 Å². The van der Waals surface area contributed by atoms with Crippen LogP contribution in [0.2, 0.25) is 0 Å². The Balaban J connectivity index is 1.29. The van der Waals surface area contributed by atoms with Gasteiger partial charge in [0.1, 0.15) is 5.82 Å². The van der Waals surface area contributed by atoms with Crippen LogP contribution in [0.1, 0.15) is 23.7 Å². The molecule has 24 heavy (non-hydrogen) atoms. The summed E-state index contributed by atoms with van der Waals surface area (Å²) in [6.07, 6.45) is 4.28. The molecule has 0 radical (unpaired) electrons. The molecule has 126 valence electrons. The monoisotopic (exact) mass is 323 g/mol. The topological polar surface area (TPSA) is 28.6 Å². The lowest BCUT2D eigenvalue weighted by molar-refractivity contribution is 0.0289. The van der Waals surface area contributed by atoms with Crippen molar-refractivity contribution in [3.63, 3.8) is 0 Å². The van der Waals surface area contributed by atoms with Crippen LogP contribution >= 0.6 is 0 Å². The minimum atomic E-state index is 0.267. The number of anilines is 1. The molecule has 1 aromatic carbocycles. The van der Waals surface area contributed by atoms with E-state index in [2.05, 4.69) is 51.2 Å². The third-order valence-electron chi connectivity index (χ3n) is 5.15. The Hall–Kier alpha value is -1.91. The molecule has 0 saturated carbocycles. The minimum absolute atomic E-state index is 0.267. The second-order valence-corrected chi connectivity index (χ2v) is 6.61. The summed E-state index contributed by atoms with van der Waals surface area (Å²) in [5.74, 6) is 1.10. The van der Waals surface area contributed by atoms with Crippen molar-refractivity contribution in [3.05, 3.63) is 59.8 Å². The lowest BCUT2D eigenvalue weighted by Crippen LogP contribution is -2.47. The van der Waals surface area contributed by atoms with Crippen molar-refractivity contribution in [2.45, 2.75) is 18.9 Å². The van der Waals surface area contributed by atoms with Gasteiger partial charge in [0.2, 0.25) is 0 Å². The molecule has 0 aliphatic carbocycles. The summed E-state index contributed by atoms with van der Waals surface area (Å²) >= 11 is 0. The summed E-state index contributed by atoms with van der Waals surface area (Å²) in [5.41, 5.74) is 2.87. The fourth-order valence-electron chi connectivity index (χ4n) is 3.76. The van der Waals surface area contributed by atoms with Gasteiger partial charge in [-0.25, -0.2) is 4.98 Å². The molecule has 1 saturated heterocycles. The van der Waals surface area contributed by atoms with Gasteiger partial charge in [-0.1, -0.05) is 30.3 Å². The third kappa shape index (κ3) is 3.45. The van der Waals surface area contributed by atoms with Gasteiger partial charge in [0, 0.05) is 38.9 Å². The predicted molar refractivity (Wildman–Crippen MR) is 96.3 cm³/mol. The van der Waals surface area contributed by atoms with Crippen LogP contribution < -0.4 is 4.90 Å². The number of hydrogen-bond acceptors (Lipinski definition) is 4. The minimum Gasteiger partial charge on any atom is -0.373 e. The van der Waals surface area contributed by atoms with E-state index in [-0.39, 0.29) is 6.10 Å². The molecule has 4 rings (SSSR count). The van der Waals surface area contributed by atoms with E-state index in [0.717, 1.165) is 58.0 Å². The fourth-order valence-corrected chi connectivity index (χ4v) is 3.76. The van der Waals surface area contributed by atoms with Gasteiger partial charge in [-0.3, -0.25) is 4.90 Å². The zero-order valence-corrected chi connectivity index (χ0v) is 14.1. The van der Waals surface area contributed by atoms with E-state index in [1.54, 1.807) is 0 Å². The van der Waals surface area contributed by atoms with Crippen molar-refractivity contribution in [2.24, 2.45) is 0 Å². The predicted octanol–water partition coefficient (Wildman–Crippen LogP) is 2.91. The number of pyridine rings is 1. The molecule has 1 atom stereocenters. The first-order valence-corrected chi connectivity index (χ1v) is 8.98. The number of fused-ring (bicyclic) bond motifs is 1. The largest absolute Gasteiger partial charge is 0.373 e. The molecule has 0 spiro atoms. The van der Waals surface area contributed by atoms with Crippen LogP contribution in [0.4, 0.5) is 5.82 Å². The van der Waals surface area contributed by atoms with E-state index >= 15 is 0 Å². The second-order valence-electron chi connectivity index (χ2n) is 6.61. The third-order valence-corrected chi connectivity index (χ3v) is 5.15. The fraction of sp³-hybridized carbons (Fsp3) is 0.450. The van der Waals surface area contributed by atoms with Crippen molar-refractivity contribution in [2.75, 3.05) is 44.2 Å². The van der Waals surface area contributed by atoms with Gasteiger partial charge in [0.25, 0.3) is 0 Å². The number of nitrogens with zero attached hydrogens (tertiary/aromatic N) is 3. The Kier molecular flexibility index (Phi) is 4.76. The van der Waals surface area contributed by atoms with E-state index < -0.39 is 0 Å². The molecule has 1 unspecified atom stereocenters. The quantitative estimate of drug-likeness (QED) is 0.865. The van der Waals surface area contributed by atoms with Crippen LogP contribution in [0.25, 0.3) is 0 Å². The second kappa shape index (κ2) is 7.32. The summed E-state index contributed by atoms with van der Waals surface area (Å²) in [7, 11) is 0. The Morgan fingerprint density at radius 3 is 2.67 bits per heavy atom. The Bertz CT molecular complexity index is 653. The molecular weight excluding hydrogens is 298 g/mol. The highest BCUT2D eigenvalue weighted by molar-refractivity contribution is 5.38. The average molecular weight is 323 g/mol. The van der Waals surface area contributed by atoms with Gasteiger partial charge in [-0.15, -0.1) is 0 Å². The first-order valence-electron chi connectivity index (χ1n) is 8.98. The van der Waals surface area contributed by atoms with Crippen molar-refractivity contribution < 1.29 is 4.74 Å². The number of hydrogen-bond donors (Lipinski definition) is 0. The van der Waals surface area contributed by atoms with Crippen molar-refractivity contribution in [1.82, 2.24) is 9.88 Å². The van der Waals surface area contributed by atoms with Gasteiger partial charge in [-0.05, 0) is 36.1 Å². The van der Waals surface area contributed by atoms with E-state index in [4.69, 9.17) is 4.74 Å². The molecule has 1 fully saturated rings. The summed E-state index contributed by atoms with van der Waals surface area (Å²) in [5, 5.41) is 0. The zero-order valence-electron chi connectivity index (χ0n) is 14.1. The highest BCUT2D eigenvalue weighted by atomic mass is 16.5. The first kappa shape index (κ1) is 15.6. The van der Waals surface area contributed by atoms with Gasteiger partial charge in [0.15, 0.2) is 0 Å². The summed E-state index contributed by atoms with van der Waals surface area (Å²) < 4.78 is 6.04. The van der Waals surface area contributed by atoms with Gasteiger partial charge >= 0.3 is 0 Å². The molecule has 2 aliphatic heterocycles. The van der Waals surface area contributed by atoms with Crippen molar-refractivity contribution in [3.8, 4) is 0 Å². The Morgan fingerprint density at radius 2 is 1.83 bits per heavy atom. The van der Waals surface area contributed by atoms with Gasteiger partial charge in [0.05, 0.1) is 12.7 Å². The average Bonchev–Trinajstić information content (AvgIpc) is 2.67.